The van der Waals surface area contributed by atoms with E-state index in [-0.39, 0.29) is 23.5 Å². The van der Waals surface area contributed by atoms with Gasteiger partial charge in [-0.3, -0.25) is 0 Å². The number of hydrogen-bond acceptors (Lipinski definition) is 3. The lowest BCUT2D eigenvalue weighted by Crippen LogP contribution is -2.61. The zero-order chi connectivity index (χ0) is 60.6. The molecule has 16 rings (SSSR count). The predicted octanol–water partition coefficient (Wildman–Crippen LogP) is 20.3. The Bertz CT molecular complexity index is 5020. The molecule has 0 N–H and O–H groups in total. The van der Waals surface area contributed by atoms with Gasteiger partial charge in [-0.25, -0.2) is 4.85 Å². The maximum atomic E-state index is 14.7. The monoisotopic (exact) mass is 1160 g/mol. The van der Waals surface area contributed by atoms with E-state index in [1.807, 2.05) is 34.9 Å². The second-order valence-electron chi connectivity index (χ2n) is 22.9. The molecule has 0 bridgehead atoms. The molecule has 14 aromatic rings. The lowest BCUT2D eigenvalue weighted by Gasteiger charge is -2.44. The molecule has 0 atom stereocenters. The van der Waals surface area contributed by atoms with Gasteiger partial charge in [-0.15, -0.1) is 0 Å². The maximum Gasteiger partial charge on any atom is 0.416 e. The van der Waals surface area contributed by atoms with Gasteiger partial charge in [0.2, 0.25) is 0 Å². The Morgan fingerprint density at radius 2 is 0.811 bits per heavy atom. The number of alkyl halides is 3. The van der Waals surface area contributed by atoms with E-state index in [0.717, 1.165) is 129 Å². The van der Waals surface area contributed by atoms with Crippen molar-refractivity contribution in [2.24, 2.45) is 0 Å². The fraction of sp³-hybridized carbons (Fsp3) is 0.0123. The first-order valence-corrected chi connectivity index (χ1v) is 29.8. The molecule has 5 nitrogen and oxygen atoms in total. The number of nitrogens with zero attached hydrogens (tertiary/aromatic N) is 5. The van der Waals surface area contributed by atoms with Crippen LogP contribution in [0.1, 0.15) is 11.1 Å². The molecule has 1 aromatic heterocycles. The van der Waals surface area contributed by atoms with Gasteiger partial charge in [-0.05, 0) is 181 Å². The number of para-hydroxylation sites is 1. The number of rotatable bonds is 9. The molecule has 3 heterocycles. The van der Waals surface area contributed by atoms with Gasteiger partial charge >= 0.3 is 6.18 Å². The highest BCUT2D eigenvalue weighted by molar-refractivity contribution is 7.00. The van der Waals surface area contributed by atoms with Gasteiger partial charge in [0.05, 0.1) is 34.9 Å². The van der Waals surface area contributed by atoms with Crippen molar-refractivity contribution < 1.29 is 13.2 Å². The molecule has 90 heavy (non-hydrogen) atoms. The van der Waals surface area contributed by atoms with Gasteiger partial charge in [0, 0.05) is 56.0 Å². The van der Waals surface area contributed by atoms with Crippen LogP contribution in [0.15, 0.2) is 297 Å². The minimum atomic E-state index is -4.66. The summed E-state index contributed by atoms with van der Waals surface area (Å²) in [6, 6.07) is 103. The standard InChI is InChI=1S/C81H49BF3N5/c1-87-65-43-52(51-86)42-63(44-65)69-50-64(81(83,84)85)33-41-74(69)90-73-25-15-14-24-68(73)70-45-59(30-38-75(70)90)62-48-78-80-79(49-62)89(67-36-28-58(29-37-67)54-18-8-3-9-19-54)77-40-32-61(56-22-12-5-13-23-56)47-72(77)82(80)71-46-60(55-20-10-4-11-21-55)31-39-76(71)88(78)66-34-26-57(27-35-66)53-16-6-2-7-17-53/h2-50H. The van der Waals surface area contributed by atoms with E-state index in [9.17, 15) is 18.4 Å². The Kier molecular flexibility index (Phi) is 12.8. The smallest absolute Gasteiger partial charge is 0.311 e. The van der Waals surface area contributed by atoms with E-state index in [1.54, 1.807) is 12.1 Å². The summed E-state index contributed by atoms with van der Waals surface area (Å²) in [6.45, 7) is 7.63. The van der Waals surface area contributed by atoms with Gasteiger partial charge in [0.25, 0.3) is 6.71 Å². The van der Waals surface area contributed by atoms with Crippen LogP contribution in [0.2, 0.25) is 0 Å². The molecule has 0 amide bonds. The maximum absolute atomic E-state index is 14.7. The first-order chi connectivity index (χ1) is 44.1. The van der Waals surface area contributed by atoms with E-state index < -0.39 is 11.7 Å². The normalized spacial score (nSPS) is 12.3. The zero-order valence-corrected chi connectivity index (χ0v) is 48.2. The molecule has 2 aliphatic heterocycles. The summed E-state index contributed by atoms with van der Waals surface area (Å²) >= 11 is 0. The van der Waals surface area contributed by atoms with Crippen molar-refractivity contribution in [2.45, 2.75) is 6.18 Å². The second-order valence-corrected chi connectivity index (χ2v) is 22.9. The lowest BCUT2D eigenvalue weighted by molar-refractivity contribution is -0.137. The topological polar surface area (TPSA) is 39.6 Å². The molecule has 2 aliphatic rings. The quantitative estimate of drug-likeness (QED) is 0.107. The molecule has 0 saturated heterocycles. The van der Waals surface area contributed by atoms with Crippen molar-refractivity contribution in [3.63, 3.8) is 0 Å². The third-order valence-corrected chi connectivity index (χ3v) is 17.8. The van der Waals surface area contributed by atoms with Crippen LogP contribution in [-0.4, -0.2) is 11.3 Å². The third-order valence-electron chi connectivity index (χ3n) is 17.8. The van der Waals surface area contributed by atoms with Crippen LogP contribution in [0.4, 0.5) is 53.0 Å². The van der Waals surface area contributed by atoms with Gasteiger partial charge in [-0.2, -0.15) is 18.4 Å². The summed E-state index contributed by atoms with van der Waals surface area (Å²) in [5.41, 5.74) is 22.6. The largest absolute Gasteiger partial charge is 0.416 e. The molecule has 0 radical (unpaired) electrons. The summed E-state index contributed by atoms with van der Waals surface area (Å²) < 4.78 is 46.2. The first-order valence-electron chi connectivity index (χ1n) is 29.8. The average molecular weight is 1160 g/mol. The summed E-state index contributed by atoms with van der Waals surface area (Å²) in [7, 11) is 0. The Hall–Kier alpha value is -11.9. The highest BCUT2D eigenvalue weighted by atomic mass is 19.4. The Morgan fingerprint density at radius 1 is 0.367 bits per heavy atom. The molecule has 0 fully saturated rings. The number of anilines is 6. The first kappa shape index (κ1) is 53.6. The average Bonchev–Trinajstić information content (AvgIpc) is 0.778. The van der Waals surface area contributed by atoms with Crippen molar-refractivity contribution in [3.8, 4) is 78.5 Å². The van der Waals surface area contributed by atoms with Crippen LogP contribution >= 0.6 is 0 Å². The molecule has 13 aromatic carbocycles. The molecule has 0 unspecified atom stereocenters. The van der Waals surface area contributed by atoms with Crippen LogP contribution in [0.3, 0.4) is 0 Å². The van der Waals surface area contributed by atoms with Crippen molar-refractivity contribution >= 4 is 84.7 Å². The Labute approximate surface area is 519 Å². The minimum Gasteiger partial charge on any atom is -0.311 e. The van der Waals surface area contributed by atoms with E-state index in [2.05, 4.69) is 251 Å². The Balaban J connectivity index is 0.965. The van der Waals surface area contributed by atoms with Crippen LogP contribution in [0.5, 0.6) is 0 Å². The highest BCUT2D eigenvalue weighted by Gasteiger charge is 2.44. The summed E-state index contributed by atoms with van der Waals surface area (Å²) in [4.78, 5) is 8.49. The van der Waals surface area contributed by atoms with Crippen LogP contribution < -0.4 is 26.2 Å². The molecule has 9 heteroatoms. The summed E-state index contributed by atoms with van der Waals surface area (Å²) in [5, 5.41) is 11.9. The van der Waals surface area contributed by atoms with Gasteiger partial charge < -0.3 is 14.4 Å². The minimum absolute atomic E-state index is 0.154. The van der Waals surface area contributed by atoms with E-state index in [0.29, 0.717) is 11.3 Å². The molecule has 0 spiro atoms. The van der Waals surface area contributed by atoms with Crippen molar-refractivity contribution in [1.82, 2.24) is 4.57 Å². The number of hydrogen-bond donors (Lipinski definition) is 0. The van der Waals surface area contributed by atoms with Crippen LogP contribution in [0, 0.1) is 17.9 Å². The second kappa shape index (κ2) is 21.5. The van der Waals surface area contributed by atoms with Crippen molar-refractivity contribution in [1.29, 1.82) is 5.26 Å². The van der Waals surface area contributed by atoms with Crippen LogP contribution in [0.25, 0.3) is 99.1 Å². The highest BCUT2D eigenvalue weighted by Crippen LogP contribution is 2.49. The van der Waals surface area contributed by atoms with E-state index >= 15 is 0 Å². The summed E-state index contributed by atoms with van der Waals surface area (Å²) in [6.07, 6.45) is -4.66. The molecule has 0 saturated carbocycles. The van der Waals surface area contributed by atoms with E-state index in [1.165, 1.54) is 23.1 Å². The van der Waals surface area contributed by atoms with Crippen molar-refractivity contribution in [2.75, 3.05) is 9.80 Å². The van der Waals surface area contributed by atoms with Gasteiger partial charge in [0.1, 0.15) is 0 Å². The number of aromatic nitrogens is 1. The number of fused-ring (bicyclic) bond motifs is 7. The number of benzene rings is 13. The number of halogens is 3. The fourth-order valence-corrected chi connectivity index (χ4v) is 13.7. The van der Waals surface area contributed by atoms with Gasteiger partial charge in [0.15, 0.2) is 5.69 Å². The van der Waals surface area contributed by atoms with Crippen molar-refractivity contribution in [3.05, 3.63) is 320 Å². The van der Waals surface area contributed by atoms with Crippen LogP contribution in [-0.2, 0) is 6.18 Å². The SMILES string of the molecule is [C-]#[N+]c1cc(C#N)cc(-c2cc(C(F)(F)F)ccc2-n2c3ccccc3c3cc(-c4cc5c6c(c4)N(c4ccc(-c7ccccc7)cc4)c4ccc(-c7ccccc7)cc4B6c4cc(-c6ccccc6)ccc4N5c4ccc(-c5ccccc5)cc4)ccc32)c1. The molecular weight excluding hydrogens is 1110 g/mol. The predicted molar refractivity (Wildman–Crippen MR) is 363 cm³/mol. The fourth-order valence-electron chi connectivity index (χ4n) is 13.7. The number of nitriles is 1. The van der Waals surface area contributed by atoms with Gasteiger partial charge in [-0.1, -0.05) is 194 Å². The summed E-state index contributed by atoms with van der Waals surface area (Å²) in [5.74, 6) is 0. The van der Waals surface area contributed by atoms with E-state index in [4.69, 9.17) is 6.57 Å². The lowest BCUT2D eigenvalue weighted by atomic mass is 9.33. The zero-order valence-electron chi connectivity index (χ0n) is 48.2. The third kappa shape index (κ3) is 9.10. The molecule has 422 valence electrons. The Morgan fingerprint density at radius 3 is 1.32 bits per heavy atom. The molecular formula is C81H49BF3N5. The molecule has 0 aliphatic carbocycles.